The van der Waals surface area contributed by atoms with Crippen molar-refractivity contribution in [3.05, 3.63) is 0 Å². The van der Waals surface area contributed by atoms with E-state index in [2.05, 4.69) is 0 Å². The van der Waals surface area contributed by atoms with Crippen molar-refractivity contribution in [1.29, 1.82) is 0 Å². The zero-order chi connectivity index (χ0) is 6.62. The molecule has 0 aliphatic rings. The molecular formula is C3H9O3PS. The van der Waals surface area contributed by atoms with Gasteiger partial charge < -0.3 is 10.00 Å². The van der Waals surface area contributed by atoms with Gasteiger partial charge in [0, 0.05) is 12.4 Å². The van der Waals surface area contributed by atoms with Crippen LogP contribution in [0, 0.1) is 0 Å². The molecule has 0 aromatic carbocycles. The highest BCUT2D eigenvalue weighted by atomic mass is 32.7. The first-order valence-electron chi connectivity index (χ1n) is 2.12. The third-order valence-corrected chi connectivity index (χ3v) is 3.25. The van der Waals surface area contributed by atoms with Crippen LogP contribution in [0.2, 0.25) is 0 Å². The Morgan fingerprint density at radius 3 is 2.38 bits per heavy atom. The molecule has 8 heavy (non-hydrogen) atoms. The minimum absolute atomic E-state index is 0.0386. The molecule has 1 unspecified atom stereocenters. The summed E-state index contributed by atoms with van der Waals surface area (Å²) in [5.41, 5.74) is 0. The molecule has 0 fully saturated rings. The molecule has 0 saturated heterocycles. The summed E-state index contributed by atoms with van der Waals surface area (Å²) >= 11 is 0.895. The van der Waals surface area contributed by atoms with Crippen LogP contribution >= 0.6 is 18.0 Å². The second-order valence-corrected chi connectivity index (χ2v) is 6.44. The number of aliphatic hydroxyl groups excluding tert-OH is 1. The Bertz CT molecular complexity index is 98.7. The topological polar surface area (TPSA) is 57.5 Å². The van der Waals surface area contributed by atoms with E-state index in [1.165, 1.54) is 6.66 Å². The van der Waals surface area contributed by atoms with Crippen LogP contribution in [0.3, 0.4) is 0 Å². The summed E-state index contributed by atoms with van der Waals surface area (Å²) in [5, 5.41) is 8.18. The molecule has 3 nitrogen and oxygen atoms in total. The van der Waals surface area contributed by atoms with E-state index in [1.807, 2.05) is 0 Å². The van der Waals surface area contributed by atoms with E-state index in [9.17, 15) is 4.57 Å². The van der Waals surface area contributed by atoms with Gasteiger partial charge in [0.05, 0.1) is 6.61 Å². The minimum Gasteiger partial charge on any atom is -0.396 e. The van der Waals surface area contributed by atoms with Crippen LogP contribution in [0.5, 0.6) is 0 Å². The van der Waals surface area contributed by atoms with Gasteiger partial charge in [-0.25, -0.2) is 0 Å². The number of hydrogen-bond acceptors (Lipinski definition) is 3. The predicted octanol–water partition coefficient (Wildman–Crippen LogP) is 0.527. The normalized spacial score (nSPS) is 17.9. The standard InChI is InChI=1S/C3H9O3PS/c1-7(5,6)8-3-2-4/h4H,2-3H2,1H3,(H,5,6). The lowest BCUT2D eigenvalue weighted by molar-refractivity contribution is 0.322. The molecule has 0 heterocycles. The van der Waals surface area contributed by atoms with Gasteiger partial charge in [0.25, 0.3) is 6.57 Å². The first-order valence-corrected chi connectivity index (χ1v) is 5.81. The molecule has 0 aromatic heterocycles. The molecule has 0 aliphatic heterocycles. The maximum Gasteiger partial charge on any atom is 0.252 e. The Kier molecular flexibility index (Phi) is 3.73. The SMILES string of the molecule is CP(=O)(O)SCCO. The smallest absolute Gasteiger partial charge is 0.252 e. The van der Waals surface area contributed by atoms with E-state index in [4.69, 9.17) is 10.00 Å². The Balaban J connectivity index is 3.26. The van der Waals surface area contributed by atoms with Crippen LogP contribution in [-0.2, 0) is 4.57 Å². The van der Waals surface area contributed by atoms with Crippen molar-refractivity contribution in [2.24, 2.45) is 0 Å². The molecule has 2 N–H and O–H groups in total. The first kappa shape index (κ1) is 8.50. The highest BCUT2D eigenvalue weighted by Gasteiger charge is 2.07. The van der Waals surface area contributed by atoms with Crippen molar-refractivity contribution in [1.82, 2.24) is 0 Å². The van der Waals surface area contributed by atoms with Gasteiger partial charge in [-0.1, -0.05) is 11.4 Å². The molecular weight excluding hydrogens is 147 g/mol. The fourth-order valence-electron chi connectivity index (χ4n) is 0.210. The van der Waals surface area contributed by atoms with E-state index >= 15 is 0 Å². The average Bonchev–Trinajstić information content (AvgIpc) is 1.59. The summed E-state index contributed by atoms with van der Waals surface area (Å²) in [6.45, 7) is -1.71. The molecule has 1 atom stereocenters. The Morgan fingerprint density at radius 2 is 2.25 bits per heavy atom. The van der Waals surface area contributed by atoms with Gasteiger partial charge in [0.15, 0.2) is 0 Å². The Hall–Kier alpha value is 0.500. The van der Waals surface area contributed by atoms with Crippen molar-refractivity contribution >= 4 is 18.0 Å². The Labute approximate surface area is 52.3 Å². The van der Waals surface area contributed by atoms with Crippen LogP contribution in [-0.4, -0.2) is 29.0 Å². The lowest BCUT2D eigenvalue weighted by Gasteiger charge is -1.99. The summed E-state index contributed by atoms with van der Waals surface area (Å²) in [6, 6.07) is 0. The lowest BCUT2D eigenvalue weighted by Crippen LogP contribution is -1.84. The van der Waals surface area contributed by atoms with E-state index < -0.39 is 6.57 Å². The van der Waals surface area contributed by atoms with Gasteiger partial charge in [-0.05, 0) is 0 Å². The molecule has 5 heteroatoms. The Morgan fingerprint density at radius 1 is 1.75 bits per heavy atom. The van der Waals surface area contributed by atoms with Crippen molar-refractivity contribution in [3.8, 4) is 0 Å². The van der Waals surface area contributed by atoms with Crippen molar-refractivity contribution in [2.75, 3.05) is 19.0 Å². The zero-order valence-electron chi connectivity index (χ0n) is 4.57. The molecule has 0 bridgehead atoms. The molecule has 0 spiro atoms. The fourth-order valence-corrected chi connectivity index (χ4v) is 1.89. The van der Waals surface area contributed by atoms with Gasteiger partial charge in [0.2, 0.25) is 0 Å². The molecule has 0 aliphatic carbocycles. The number of hydrogen-bond donors (Lipinski definition) is 2. The maximum absolute atomic E-state index is 10.4. The number of rotatable bonds is 3. The summed E-state index contributed by atoms with van der Waals surface area (Å²) < 4.78 is 10.4. The van der Waals surface area contributed by atoms with Gasteiger partial charge in [0.1, 0.15) is 0 Å². The van der Waals surface area contributed by atoms with Gasteiger partial charge in [-0.2, -0.15) is 0 Å². The van der Waals surface area contributed by atoms with E-state index in [1.54, 1.807) is 0 Å². The van der Waals surface area contributed by atoms with Crippen LogP contribution in [0.4, 0.5) is 0 Å². The molecule has 0 amide bonds. The zero-order valence-corrected chi connectivity index (χ0v) is 6.28. The van der Waals surface area contributed by atoms with E-state index in [0.29, 0.717) is 5.75 Å². The van der Waals surface area contributed by atoms with Crippen LogP contribution < -0.4 is 0 Å². The number of aliphatic hydroxyl groups is 1. The minimum atomic E-state index is -2.93. The summed E-state index contributed by atoms with van der Waals surface area (Å²) in [7, 11) is 0. The summed E-state index contributed by atoms with van der Waals surface area (Å²) in [6.07, 6.45) is 0. The van der Waals surface area contributed by atoms with Crippen LogP contribution in [0.25, 0.3) is 0 Å². The highest BCUT2D eigenvalue weighted by Crippen LogP contribution is 2.50. The van der Waals surface area contributed by atoms with E-state index in [0.717, 1.165) is 11.4 Å². The fraction of sp³-hybridized carbons (Fsp3) is 1.00. The quantitative estimate of drug-likeness (QED) is 0.585. The first-order chi connectivity index (χ1) is 3.56. The maximum atomic E-state index is 10.4. The second-order valence-electron chi connectivity index (χ2n) is 1.36. The molecule has 0 rings (SSSR count). The van der Waals surface area contributed by atoms with Gasteiger partial charge >= 0.3 is 0 Å². The summed E-state index contributed by atoms with van der Waals surface area (Å²) in [5.74, 6) is 0.338. The predicted molar refractivity (Wildman–Crippen MR) is 35.3 cm³/mol. The molecule has 50 valence electrons. The van der Waals surface area contributed by atoms with Crippen molar-refractivity contribution in [3.63, 3.8) is 0 Å². The third-order valence-electron chi connectivity index (χ3n) is 0.422. The van der Waals surface area contributed by atoms with Gasteiger partial charge in [-0.15, -0.1) is 0 Å². The van der Waals surface area contributed by atoms with Crippen molar-refractivity contribution in [2.45, 2.75) is 0 Å². The molecule has 0 radical (unpaired) electrons. The van der Waals surface area contributed by atoms with Crippen LogP contribution in [0.1, 0.15) is 0 Å². The van der Waals surface area contributed by atoms with Crippen LogP contribution in [0.15, 0.2) is 0 Å². The van der Waals surface area contributed by atoms with Gasteiger partial charge in [-0.3, -0.25) is 4.57 Å². The highest BCUT2D eigenvalue weighted by molar-refractivity contribution is 8.56. The molecule has 0 saturated carbocycles. The lowest BCUT2D eigenvalue weighted by atomic mass is 10.9. The summed E-state index contributed by atoms with van der Waals surface area (Å²) in [4.78, 5) is 8.56. The average molecular weight is 156 g/mol. The molecule has 0 aromatic rings. The van der Waals surface area contributed by atoms with E-state index in [-0.39, 0.29) is 6.61 Å². The van der Waals surface area contributed by atoms with Crippen molar-refractivity contribution < 1.29 is 14.6 Å². The monoisotopic (exact) mass is 156 g/mol. The second kappa shape index (κ2) is 3.51. The third kappa shape index (κ3) is 6.50. The largest absolute Gasteiger partial charge is 0.396 e.